The molecular formula is C13H11CrO2. The van der Waals surface area contributed by atoms with Gasteiger partial charge in [0.25, 0.3) is 0 Å². The Kier molecular flexibility index (Phi) is 5.35. The van der Waals surface area contributed by atoms with Crippen molar-refractivity contribution in [1.29, 1.82) is 0 Å². The van der Waals surface area contributed by atoms with Crippen LogP contribution in [0.4, 0.5) is 0 Å². The van der Waals surface area contributed by atoms with E-state index >= 15 is 0 Å². The molecule has 0 aromatic heterocycles. The first-order chi connectivity index (χ1) is 7.70. The third-order valence-electron chi connectivity index (χ3n) is 1.77. The van der Waals surface area contributed by atoms with Gasteiger partial charge >= 0.3 is 66.4 Å². The van der Waals surface area contributed by atoms with Crippen LogP contribution in [0.15, 0.2) is 60.7 Å². The van der Waals surface area contributed by atoms with E-state index in [1.807, 2.05) is 36.4 Å². The van der Waals surface area contributed by atoms with E-state index in [0.29, 0.717) is 5.56 Å². The standard InChI is InChI=1S/C7H5O2.C6H6.Cr/c8-7(9)6-4-2-1-3-5-6;1-2-4-6-5-3-1;/h2-5H,(H,8,9);1-6H;. The van der Waals surface area contributed by atoms with Gasteiger partial charge in [-0.05, 0) is 0 Å². The van der Waals surface area contributed by atoms with Gasteiger partial charge in [0.15, 0.2) is 0 Å². The van der Waals surface area contributed by atoms with Gasteiger partial charge in [-0.1, -0.05) is 36.4 Å². The fourth-order valence-corrected chi connectivity index (χ4v) is 1.19. The summed E-state index contributed by atoms with van der Waals surface area (Å²) in [5, 5.41) is 8.47. The number of hydrogen-bond donors (Lipinski definition) is 1. The fourth-order valence-electron chi connectivity index (χ4n) is 0.982. The predicted octanol–water partition coefficient (Wildman–Crippen LogP) is 2.24. The quantitative estimate of drug-likeness (QED) is 0.844. The molecule has 0 spiro atoms. The minimum absolute atomic E-state index is 0.319. The van der Waals surface area contributed by atoms with Crippen molar-refractivity contribution in [2.24, 2.45) is 0 Å². The number of carboxylic acid groups (broad SMARTS) is 1. The molecular weight excluding hydrogens is 240 g/mol. The molecule has 81 valence electrons. The maximum absolute atomic E-state index is 10.3. The molecule has 2 aromatic carbocycles. The predicted molar refractivity (Wildman–Crippen MR) is 59.5 cm³/mol. The molecule has 2 rings (SSSR count). The number of rotatable bonds is 1. The number of hydrogen-bond acceptors (Lipinski definition) is 1. The third-order valence-corrected chi connectivity index (χ3v) is 2.19. The normalized spacial score (nSPS) is 8.75. The summed E-state index contributed by atoms with van der Waals surface area (Å²) in [5.41, 5.74) is 0.319. The summed E-state index contributed by atoms with van der Waals surface area (Å²) in [6.45, 7) is 0. The summed E-state index contributed by atoms with van der Waals surface area (Å²) < 4.78 is 0.949. The molecule has 0 amide bonds. The molecule has 0 bridgehead atoms. The van der Waals surface area contributed by atoms with E-state index in [0.717, 1.165) is 4.43 Å². The average molecular weight is 251 g/mol. The van der Waals surface area contributed by atoms with E-state index in [1.165, 1.54) is 0 Å². The van der Waals surface area contributed by atoms with Crippen LogP contribution in [-0.2, 0) is 16.3 Å². The third kappa shape index (κ3) is 4.79. The van der Waals surface area contributed by atoms with Crippen LogP contribution < -0.4 is 4.43 Å². The number of benzene rings is 2. The van der Waals surface area contributed by atoms with Crippen molar-refractivity contribution in [2.75, 3.05) is 0 Å². The largest absolute Gasteiger partial charge is 0.0623 e. The van der Waals surface area contributed by atoms with Gasteiger partial charge in [-0.2, -0.15) is 0 Å². The van der Waals surface area contributed by atoms with E-state index in [2.05, 4.69) is 16.3 Å². The maximum atomic E-state index is 10.3. The Balaban J connectivity index is 0.000000181. The van der Waals surface area contributed by atoms with Crippen molar-refractivity contribution in [1.82, 2.24) is 0 Å². The summed E-state index contributed by atoms with van der Waals surface area (Å²) in [5.74, 6) is -0.889. The van der Waals surface area contributed by atoms with Gasteiger partial charge in [0.05, 0.1) is 0 Å². The Bertz CT molecular complexity index is 397. The Hall–Kier alpha value is -1.56. The van der Waals surface area contributed by atoms with Gasteiger partial charge in [0, 0.05) is 0 Å². The van der Waals surface area contributed by atoms with Crippen LogP contribution in [0.2, 0.25) is 0 Å². The maximum Gasteiger partial charge on any atom is -0.0623 e. The second-order valence-corrected chi connectivity index (χ2v) is 3.72. The van der Waals surface area contributed by atoms with Crippen molar-refractivity contribution >= 4 is 10.4 Å². The molecule has 0 aliphatic rings. The minimum Gasteiger partial charge on any atom is -0.0623 e. The van der Waals surface area contributed by atoms with Crippen molar-refractivity contribution in [3.05, 3.63) is 66.2 Å². The van der Waals surface area contributed by atoms with E-state index in [-0.39, 0.29) is 0 Å². The van der Waals surface area contributed by atoms with Crippen LogP contribution >= 0.6 is 0 Å². The van der Waals surface area contributed by atoms with Crippen LogP contribution in [0.3, 0.4) is 0 Å². The second-order valence-electron chi connectivity index (χ2n) is 2.98. The van der Waals surface area contributed by atoms with E-state index in [9.17, 15) is 4.79 Å². The van der Waals surface area contributed by atoms with Gasteiger partial charge in [-0.3, -0.25) is 0 Å². The Morgan fingerprint density at radius 2 is 1.25 bits per heavy atom. The zero-order valence-corrected chi connectivity index (χ0v) is 9.81. The molecule has 3 heteroatoms. The SMILES string of the molecule is O=C(O)c1cc[c]([Cr])cc1.c1ccccc1. The second kappa shape index (κ2) is 6.84. The molecule has 2 nitrogen and oxygen atoms in total. The molecule has 0 fully saturated rings. The molecule has 1 N–H and O–H groups in total. The summed E-state index contributed by atoms with van der Waals surface area (Å²) in [6.07, 6.45) is 0. The molecule has 0 radical (unpaired) electrons. The van der Waals surface area contributed by atoms with E-state index in [4.69, 9.17) is 5.11 Å². The average Bonchev–Trinajstić information content (AvgIpc) is 2.32. The van der Waals surface area contributed by atoms with Gasteiger partial charge in [-0.25, -0.2) is 0 Å². The van der Waals surface area contributed by atoms with Gasteiger partial charge in [0.2, 0.25) is 0 Å². The van der Waals surface area contributed by atoms with Crippen LogP contribution in [0.5, 0.6) is 0 Å². The Morgan fingerprint density at radius 3 is 1.56 bits per heavy atom. The molecule has 0 aliphatic carbocycles. The van der Waals surface area contributed by atoms with Crippen molar-refractivity contribution in [3.63, 3.8) is 0 Å². The molecule has 0 saturated heterocycles. The Morgan fingerprint density at radius 1 is 0.875 bits per heavy atom. The topological polar surface area (TPSA) is 37.3 Å². The molecule has 2 aromatic rings. The van der Waals surface area contributed by atoms with E-state index in [1.54, 1.807) is 24.3 Å². The molecule has 0 atom stereocenters. The van der Waals surface area contributed by atoms with Crippen LogP contribution in [-0.4, -0.2) is 11.1 Å². The monoisotopic (exact) mass is 251 g/mol. The molecule has 0 unspecified atom stereocenters. The molecule has 0 heterocycles. The molecule has 16 heavy (non-hydrogen) atoms. The summed E-state index contributed by atoms with van der Waals surface area (Å²) >= 11 is 2.78. The number of carbonyl (C=O) groups is 1. The fraction of sp³-hybridized carbons (Fsp3) is 0. The minimum atomic E-state index is -0.889. The Labute approximate surface area is 103 Å². The van der Waals surface area contributed by atoms with E-state index < -0.39 is 5.97 Å². The van der Waals surface area contributed by atoms with Gasteiger partial charge < -0.3 is 0 Å². The molecule has 0 saturated carbocycles. The van der Waals surface area contributed by atoms with Crippen LogP contribution in [0.1, 0.15) is 10.4 Å². The number of aromatic carboxylic acids is 1. The smallest absolute Gasteiger partial charge is 0.0623 e. The van der Waals surface area contributed by atoms with Gasteiger partial charge in [-0.15, -0.1) is 0 Å². The first-order valence-electron chi connectivity index (χ1n) is 4.70. The first-order valence-corrected chi connectivity index (χ1v) is 5.34. The zero-order valence-electron chi connectivity index (χ0n) is 8.54. The van der Waals surface area contributed by atoms with Gasteiger partial charge in [0.1, 0.15) is 0 Å². The van der Waals surface area contributed by atoms with Crippen LogP contribution in [0.25, 0.3) is 0 Å². The summed E-state index contributed by atoms with van der Waals surface area (Å²) in [6, 6.07) is 18.6. The van der Waals surface area contributed by atoms with Crippen molar-refractivity contribution in [2.45, 2.75) is 0 Å². The van der Waals surface area contributed by atoms with Crippen LogP contribution in [0, 0.1) is 0 Å². The summed E-state index contributed by atoms with van der Waals surface area (Å²) in [7, 11) is 0. The number of carboxylic acids is 1. The first kappa shape index (κ1) is 12.5. The van der Waals surface area contributed by atoms with Crippen molar-refractivity contribution < 1.29 is 26.2 Å². The zero-order chi connectivity index (χ0) is 11.8. The summed E-state index contributed by atoms with van der Waals surface area (Å²) in [4.78, 5) is 10.3. The molecule has 0 aliphatic heterocycles. The van der Waals surface area contributed by atoms with Crippen molar-refractivity contribution in [3.8, 4) is 0 Å².